The highest BCUT2D eigenvalue weighted by atomic mass is 35.5. The Morgan fingerprint density at radius 2 is 2.06 bits per heavy atom. The Kier molecular flexibility index (Phi) is 5.35. The van der Waals surface area contributed by atoms with Crippen molar-refractivity contribution in [3.8, 4) is 0 Å². The zero-order valence-corrected chi connectivity index (χ0v) is 11.1. The van der Waals surface area contributed by atoms with E-state index in [2.05, 4.69) is 0 Å². The van der Waals surface area contributed by atoms with Crippen molar-refractivity contribution < 1.29 is 18.0 Å². The molecule has 0 unspecified atom stereocenters. The molecule has 0 aliphatic rings. The summed E-state index contributed by atoms with van der Waals surface area (Å²) in [5, 5.41) is 0.160. The lowest BCUT2D eigenvalue weighted by Gasteiger charge is -2.08. The lowest BCUT2D eigenvalue weighted by molar-refractivity contribution is 0.0438. The normalized spacial score (nSPS) is 11.7. The molecule has 0 aliphatic heterocycles. The molecule has 0 aliphatic carbocycles. The zero-order chi connectivity index (χ0) is 12.9. The fourth-order valence-corrected chi connectivity index (χ4v) is 2.54. The third-order valence-corrected chi connectivity index (χ3v) is 3.63. The molecule has 0 saturated carbocycles. The first-order valence-corrected chi connectivity index (χ1v) is 6.72. The predicted octanol–water partition coefficient (Wildman–Crippen LogP) is 1.50. The standard InChI is InChI=1S/C10H14ClNO4S/c1-8-3-4-10(9(11)7-8)17(13,14)12-16-6-5-15-2/h3-4,7,12H,5-6H2,1-2H3. The lowest BCUT2D eigenvalue weighted by Crippen LogP contribution is -2.26. The molecule has 17 heavy (non-hydrogen) atoms. The molecule has 0 radical (unpaired) electrons. The van der Waals surface area contributed by atoms with Crippen molar-refractivity contribution in [3.05, 3.63) is 28.8 Å². The molecule has 0 saturated heterocycles. The molecule has 96 valence electrons. The van der Waals surface area contributed by atoms with E-state index in [-0.39, 0.29) is 16.5 Å². The number of nitrogens with one attached hydrogen (secondary N) is 1. The molecule has 1 N–H and O–H groups in total. The van der Waals surface area contributed by atoms with Crippen LogP contribution in [0.5, 0.6) is 0 Å². The van der Waals surface area contributed by atoms with Gasteiger partial charge in [-0.1, -0.05) is 22.6 Å². The molecule has 7 heteroatoms. The average Bonchev–Trinajstić information content (AvgIpc) is 2.24. The SMILES string of the molecule is COCCONS(=O)(=O)c1ccc(C)cc1Cl. The molecule has 0 heterocycles. The Morgan fingerprint density at radius 1 is 1.35 bits per heavy atom. The number of sulfonamides is 1. The van der Waals surface area contributed by atoms with Crippen LogP contribution in [0.25, 0.3) is 0 Å². The summed E-state index contributed by atoms with van der Waals surface area (Å²) >= 11 is 5.85. The van der Waals surface area contributed by atoms with Crippen molar-refractivity contribution in [2.75, 3.05) is 20.3 Å². The van der Waals surface area contributed by atoms with Crippen LogP contribution in [0.3, 0.4) is 0 Å². The van der Waals surface area contributed by atoms with Crippen molar-refractivity contribution in [2.45, 2.75) is 11.8 Å². The van der Waals surface area contributed by atoms with Gasteiger partial charge in [0.25, 0.3) is 10.0 Å². The maximum atomic E-state index is 11.8. The molecule has 0 fully saturated rings. The van der Waals surface area contributed by atoms with E-state index in [1.54, 1.807) is 12.1 Å². The summed E-state index contributed by atoms with van der Waals surface area (Å²) in [6, 6.07) is 4.67. The Morgan fingerprint density at radius 3 is 2.65 bits per heavy atom. The van der Waals surface area contributed by atoms with Gasteiger partial charge in [-0.05, 0) is 24.6 Å². The van der Waals surface area contributed by atoms with Crippen molar-refractivity contribution in [1.82, 2.24) is 4.89 Å². The van der Waals surface area contributed by atoms with Gasteiger partial charge in [0, 0.05) is 7.11 Å². The Bertz CT molecular complexity index is 475. The van der Waals surface area contributed by atoms with Crippen molar-refractivity contribution in [2.24, 2.45) is 0 Å². The average molecular weight is 280 g/mol. The van der Waals surface area contributed by atoms with E-state index in [0.717, 1.165) is 5.56 Å². The second kappa shape index (κ2) is 6.32. The number of aryl methyl sites for hydroxylation is 1. The van der Waals surface area contributed by atoms with E-state index >= 15 is 0 Å². The summed E-state index contributed by atoms with van der Waals surface area (Å²) in [5.74, 6) is 0. The Balaban J connectivity index is 2.76. The van der Waals surface area contributed by atoms with Gasteiger partial charge in [0.2, 0.25) is 0 Å². The van der Waals surface area contributed by atoms with E-state index in [1.807, 2.05) is 11.8 Å². The van der Waals surface area contributed by atoms with Gasteiger partial charge < -0.3 is 4.74 Å². The van der Waals surface area contributed by atoms with E-state index in [0.29, 0.717) is 6.61 Å². The summed E-state index contributed by atoms with van der Waals surface area (Å²) in [6.45, 7) is 2.24. The maximum Gasteiger partial charge on any atom is 0.263 e. The zero-order valence-electron chi connectivity index (χ0n) is 9.57. The quantitative estimate of drug-likeness (QED) is 0.633. The predicted molar refractivity (Wildman–Crippen MR) is 64.3 cm³/mol. The Labute approximate surface area is 106 Å². The maximum absolute atomic E-state index is 11.8. The van der Waals surface area contributed by atoms with Gasteiger partial charge in [-0.15, -0.1) is 0 Å². The molecule has 0 spiro atoms. The molecule has 1 aromatic rings. The molecular weight excluding hydrogens is 266 g/mol. The summed E-state index contributed by atoms with van der Waals surface area (Å²) in [7, 11) is -2.25. The highest BCUT2D eigenvalue weighted by Gasteiger charge is 2.17. The Hall–Kier alpha value is -0.660. The molecule has 5 nitrogen and oxygen atoms in total. The minimum atomic E-state index is -3.75. The van der Waals surface area contributed by atoms with E-state index < -0.39 is 10.0 Å². The highest BCUT2D eigenvalue weighted by molar-refractivity contribution is 7.89. The molecule has 0 bridgehead atoms. The summed E-state index contributed by atoms with van der Waals surface area (Å²) < 4.78 is 28.2. The van der Waals surface area contributed by atoms with Crippen molar-refractivity contribution in [3.63, 3.8) is 0 Å². The monoisotopic (exact) mass is 279 g/mol. The molecule has 0 atom stereocenters. The van der Waals surface area contributed by atoms with Gasteiger partial charge in [0.15, 0.2) is 0 Å². The van der Waals surface area contributed by atoms with Crippen LogP contribution in [0.4, 0.5) is 0 Å². The van der Waals surface area contributed by atoms with Gasteiger partial charge in [-0.2, -0.15) is 0 Å². The van der Waals surface area contributed by atoms with E-state index in [9.17, 15) is 8.42 Å². The van der Waals surface area contributed by atoms with Crippen molar-refractivity contribution >= 4 is 21.6 Å². The first-order chi connectivity index (χ1) is 7.97. The van der Waals surface area contributed by atoms with Crippen molar-refractivity contribution in [1.29, 1.82) is 0 Å². The highest BCUT2D eigenvalue weighted by Crippen LogP contribution is 2.22. The number of hydrogen-bond acceptors (Lipinski definition) is 4. The van der Waals surface area contributed by atoms with Crippen LogP contribution >= 0.6 is 11.6 Å². The fourth-order valence-electron chi connectivity index (χ4n) is 1.11. The van der Waals surface area contributed by atoms with Crippen LogP contribution in [0, 0.1) is 6.92 Å². The van der Waals surface area contributed by atoms with Gasteiger partial charge in [-0.25, -0.2) is 8.42 Å². The molecule has 1 aromatic carbocycles. The van der Waals surface area contributed by atoms with E-state index in [1.165, 1.54) is 13.2 Å². The minimum absolute atomic E-state index is 0.0119. The molecule has 0 aromatic heterocycles. The van der Waals surface area contributed by atoms with Crippen LogP contribution < -0.4 is 4.89 Å². The number of halogens is 1. The number of benzene rings is 1. The summed E-state index contributed by atoms with van der Waals surface area (Å²) in [6.07, 6.45) is 0. The minimum Gasteiger partial charge on any atom is -0.382 e. The van der Waals surface area contributed by atoms with Gasteiger partial charge >= 0.3 is 0 Å². The smallest absolute Gasteiger partial charge is 0.263 e. The lowest BCUT2D eigenvalue weighted by atomic mass is 10.2. The van der Waals surface area contributed by atoms with Crippen LogP contribution in [0.1, 0.15) is 5.56 Å². The number of hydrogen-bond donors (Lipinski definition) is 1. The van der Waals surface area contributed by atoms with E-state index in [4.69, 9.17) is 21.2 Å². The largest absolute Gasteiger partial charge is 0.382 e. The third kappa shape index (κ3) is 4.25. The summed E-state index contributed by atoms with van der Waals surface area (Å²) in [4.78, 5) is 6.72. The fraction of sp³-hybridized carbons (Fsp3) is 0.400. The second-order valence-corrected chi connectivity index (χ2v) is 5.38. The number of ether oxygens (including phenoxy) is 1. The molecule has 0 amide bonds. The van der Waals surface area contributed by atoms with Gasteiger partial charge in [0.05, 0.1) is 18.2 Å². The van der Waals surface area contributed by atoms with Crippen LogP contribution in [0.2, 0.25) is 5.02 Å². The second-order valence-electron chi connectivity index (χ2n) is 3.36. The van der Waals surface area contributed by atoms with Crippen LogP contribution in [-0.2, 0) is 19.6 Å². The summed E-state index contributed by atoms with van der Waals surface area (Å²) in [5.41, 5.74) is 0.884. The van der Waals surface area contributed by atoms with Gasteiger partial charge in [0.1, 0.15) is 4.90 Å². The molecular formula is C10H14ClNO4S. The first kappa shape index (κ1) is 14.4. The van der Waals surface area contributed by atoms with Crippen LogP contribution in [0.15, 0.2) is 23.1 Å². The topological polar surface area (TPSA) is 64.6 Å². The van der Waals surface area contributed by atoms with Crippen LogP contribution in [-0.4, -0.2) is 28.7 Å². The third-order valence-electron chi connectivity index (χ3n) is 1.94. The molecule has 1 rings (SSSR count). The number of rotatable bonds is 6. The number of methoxy groups -OCH3 is 1. The first-order valence-electron chi connectivity index (χ1n) is 4.86. The van der Waals surface area contributed by atoms with Gasteiger partial charge in [-0.3, -0.25) is 4.84 Å².